The summed E-state index contributed by atoms with van der Waals surface area (Å²) >= 11 is 6.03. The van der Waals surface area contributed by atoms with Crippen molar-refractivity contribution < 1.29 is 18.7 Å². The molecule has 3 nitrogen and oxygen atoms in total. The van der Waals surface area contributed by atoms with Crippen LogP contribution >= 0.6 is 11.6 Å². The third-order valence-electron chi connectivity index (χ3n) is 4.44. The number of hydrogen-bond donors (Lipinski definition) is 0. The van der Waals surface area contributed by atoms with E-state index in [1.807, 2.05) is 31.2 Å². The molecule has 1 heterocycles. The molecule has 5 heteroatoms. The van der Waals surface area contributed by atoms with Crippen LogP contribution in [0.2, 0.25) is 5.02 Å². The van der Waals surface area contributed by atoms with E-state index < -0.39 is 5.82 Å². The second-order valence-electron chi connectivity index (χ2n) is 6.51. The molecule has 0 bridgehead atoms. The van der Waals surface area contributed by atoms with Crippen LogP contribution in [0.25, 0.3) is 6.08 Å². The molecule has 0 saturated heterocycles. The molecule has 0 atom stereocenters. The summed E-state index contributed by atoms with van der Waals surface area (Å²) in [4.78, 5) is 12.5. The average molecular weight is 395 g/mol. The Labute approximate surface area is 167 Å². The molecule has 4 rings (SSSR count). The highest BCUT2D eigenvalue weighted by atomic mass is 35.5. The smallest absolute Gasteiger partial charge is 0.231 e. The third-order valence-corrected chi connectivity index (χ3v) is 4.77. The van der Waals surface area contributed by atoms with Gasteiger partial charge in [0.25, 0.3) is 0 Å². The number of ether oxygens (including phenoxy) is 2. The van der Waals surface area contributed by atoms with Crippen molar-refractivity contribution >= 4 is 23.5 Å². The number of ketones is 1. The van der Waals surface area contributed by atoms with Crippen LogP contribution in [0.5, 0.6) is 11.5 Å². The van der Waals surface area contributed by atoms with E-state index in [9.17, 15) is 9.18 Å². The Morgan fingerprint density at radius 2 is 1.89 bits per heavy atom. The van der Waals surface area contributed by atoms with Gasteiger partial charge in [-0.15, -0.1) is 0 Å². The SMILES string of the molecule is Cc1ccc(COc2ccc3c(c2)OC(=Cc2c(F)cccc2Cl)C3=O)cc1. The van der Waals surface area contributed by atoms with E-state index in [-0.39, 0.29) is 22.1 Å². The lowest BCUT2D eigenvalue weighted by Crippen LogP contribution is -1.99. The first-order valence-electron chi connectivity index (χ1n) is 8.72. The zero-order chi connectivity index (χ0) is 19.7. The van der Waals surface area contributed by atoms with Gasteiger partial charge in [-0.05, 0) is 42.8 Å². The standard InChI is InChI=1S/C23H16ClFO3/c1-14-5-7-15(8-6-14)13-27-16-9-10-17-21(11-16)28-22(23(17)26)12-18-19(24)3-2-4-20(18)25/h2-12H,13H2,1H3. The van der Waals surface area contributed by atoms with Crippen LogP contribution in [0.4, 0.5) is 4.39 Å². The third kappa shape index (κ3) is 3.64. The molecule has 140 valence electrons. The van der Waals surface area contributed by atoms with Crippen molar-refractivity contribution in [2.75, 3.05) is 0 Å². The van der Waals surface area contributed by atoms with E-state index in [2.05, 4.69) is 0 Å². The van der Waals surface area contributed by atoms with Crippen LogP contribution in [0.15, 0.2) is 66.4 Å². The summed E-state index contributed by atoms with van der Waals surface area (Å²) in [7, 11) is 0. The fourth-order valence-electron chi connectivity index (χ4n) is 2.89. The molecule has 0 amide bonds. The van der Waals surface area contributed by atoms with Gasteiger partial charge < -0.3 is 9.47 Å². The molecule has 0 aliphatic carbocycles. The fourth-order valence-corrected chi connectivity index (χ4v) is 3.11. The predicted molar refractivity (Wildman–Crippen MR) is 106 cm³/mol. The minimum absolute atomic E-state index is 0.0256. The number of rotatable bonds is 4. The molecule has 1 aliphatic heterocycles. The Balaban J connectivity index is 1.54. The van der Waals surface area contributed by atoms with E-state index in [1.54, 1.807) is 24.3 Å². The van der Waals surface area contributed by atoms with Crippen molar-refractivity contribution in [2.45, 2.75) is 13.5 Å². The fraction of sp³-hybridized carbons (Fsp3) is 0.0870. The van der Waals surface area contributed by atoms with Crippen LogP contribution in [-0.2, 0) is 6.61 Å². The minimum Gasteiger partial charge on any atom is -0.489 e. The Kier molecular flexibility index (Phi) is 4.88. The summed E-state index contributed by atoms with van der Waals surface area (Å²) in [5.74, 6) is 0.147. The zero-order valence-corrected chi connectivity index (χ0v) is 15.8. The van der Waals surface area contributed by atoms with Crippen molar-refractivity contribution in [3.8, 4) is 11.5 Å². The lowest BCUT2D eigenvalue weighted by molar-refractivity contribution is 0.101. The maximum Gasteiger partial charge on any atom is 0.231 e. The van der Waals surface area contributed by atoms with Gasteiger partial charge in [-0.1, -0.05) is 47.5 Å². The van der Waals surface area contributed by atoms with Gasteiger partial charge in [0.15, 0.2) is 5.76 Å². The maximum absolute atomic E-state index is 14.0. The molecular formula is C23H16ClFO3. The normalized spacial score (nSPS) is 14.1. The molecule has 0 aromatic heterocycles. The molecular weight excluding hydrogens is 379 g/mol. The summed E-state index contributed by atoms with van der Waals surface area (Å²) in [6, 6.07) is 17.4. The van der Waals surface area contributed by atoms with E-state index in [0.717, 1.165) is 5.56 Å². The summed E-state index contributed by atoms with van der Waals surface area (Å²) in [5.41, 5.74) is 2.75. The number of allylic oxidation sites excluding steroid dienone is 1. The van der Waals surface area contributed by atoms with Gasteiger partial charge in [-0.2, -0.15) is 0 Å². The predicted octanol–water partition coefficient (Wildman–Crippen LogP) is 5.98. The number of carbonyl (C=O) groups excluding carboxylic acids is 1. The molecule has 0 N–H and O–H groups in total. The Morgan fingerprint density at radius 1 is 1.11 bits per heavy atom. The number of fused-ring (bicyclic) bond motifs is 1. The molecule has 28 heavy (non-hydrogen) atoms. The highest BCUT2D eigenvalue weighted by Crippen LogP contribution is 2.36. The second kappa shape index (κ2) is 7.49. The Hall–Kier alpha value is -3.11. The zero-order valence-electron chi connectivity index (χ0n) is 15.0. The number of Topliss-reactive ketones (excluding diaryl/α,β-unsaturated/α-hetero) is 1. The maximum atomic E-state index is 14.0. The monoisotopic (exact) mass is 394 g/mol. The van der Waals surface area contributed by atoms with Gasteiger partial charge in [-0.25, -0.2) is 4.39 Å². The van der Waals surface area contributed by atoms with Crippen molar-refractivity contribution in [1.29, 1.82) is 0 Å². The van der Waals surface area contributed by atoms with Crippen LogP contribution in [0, 0.1) is 12.7 Å². The quantitative estimate of drug-likeness (QED) is 0.510. The molecule has 3 aromatic rings. The largest absolute Gasteiger partial charge is 0.489 e. The summed E-state index contributed by atoms with van der Waals surface area (Å²) in [5, 5.41) is 0.210. The van der Waals surface area contributed by atoms with Gasteiger partial charge in [-0.3, -0.25) is 4.79 Å². The Bertz CT molecular complexity index is 1070. The average Bonchev–Trinajstić information content (AvgIpc) is 2.99. The first kappa shape index (κ1) is 18.3. The van der Waals surface area contributed by atoms with E-state index in [1.165, 1.54) is 23.8 Å². The van der Waals surface area contributed by atoms with Crippen LogP contribution in [0.3, 0.4) is 0 Å². The van der Waals surface area contributed by atoms with E-state index in [4.69, 9.17) is 21.1 Å². The lowest BCUT2D eigenvalue weighted by Gasteiger charge is -2.07. The highest BCUT2D eigenvalue weighted by molar-refractivity contribution is 6.32. The van der Waals surface area contributed by atoms with Crippen molar-refractivity contribution in [3.05, 3.63) is 99.5 Å². The van der Waals surface area contributed by atoms with Crippen LogP contribution in [0.1, 0.15) is 27.0 Å². The number of aryl methyl sites for hydroxylation is 1. The van der Waals surface area contributed by atoms with Crippen molar-refractivity contribution in [3.63, 3.8) is 0 Å². The van der Waals surface area contributed by atoms with Crippen LogP contribution < -0.4 is 9.47 Å². The molecule has 0 unspecified atom stereocenters. The number of carbonyl (C=O) groups is 1. The first-order valence-corrected chi connectivity index (χ1v) is 9.10. The van der Waals surface area contributed by atoms with Crippen molar-refractivity contribution in [2.24, 2.45) is 0 Å². The summed E-state index contributed by atoms with van der Waals surface area (Å²) in [6.45, 7) is 2.43. The molecule has 1 aliphatic rings. The topological polar surface area (TPSA) is 35.5 Å². The summed E-state index contributed by atoms with van der Waals surface area (Å²) < 4.78 is 25.4. The van der Waals surface area contributed by atoms with E-state index in [0.29, 0.717) is 23.7 Å². The van der Waals surface area contributed by atoms with Crippen molar-refractivity contribution in [1.82, 2.24) is 0 Å². The van der Waals surface area contributed by atoms with Gasteiger partial charge in [0.05, 0.1) is 10.6 Å². The van der Waals surface area contributed by atoms with E-state index >= 15 is 0 Å². The first-order chi connectivity index (χ1) is 13.5. The molecule has 0 fully saturated rings. The van der Waals surface area contributed by atoms with Gasteiger partial charge in [0.1, 0.15) is 23.9 Å². The molecule has 3 aromatic carbocycles. The number of benzene rings is 3. The van der Waals surface area contributed by atoms with Gasteiger partial charge in [0, 0.05) is 11.6 Å². The van der Waals surface area contributed by atoms with Gasteiger partial charge >= 0.3 is 0 Å². The number of halogens is 2. The molecule has 0 saturated carbocycles. The summed E-state index contributed by atoms with van der Waals surface area (Å²) in [6.07, 6.45) is 1.33. The number of hydrogen-bond acceptors (Lipinski definition) is 3. The Morgan fingerprint density at radius 3 is 2.64 bits per heavy atom. The molecule has 0 radical (unpaired) electrons. The molecule has 0 spiro atoms. The highest BCUT2D eigenvalue weighted by Gasteiger charge is 2.28. The minimum atomic E-state index is -0.519. The second-order valence-corrected chi connectivity index (χ2v) is 6.91. The van der Waals surface area contributed by atoms with Crippen LogP contribution in [-0.4, -0.2) is 5.78 Å². The van der Waals surface area contributed by atoms with Gasteiger partial charge in [0.2, 0.25) is 5.78 Å². The lowest BCUT2D eigenvalue weighted by atomic mass is 10.1.